The van der Waals surface area contributed by atoms with Crippen molar-refractivity contribution in [3.8, 4) is 0 Å². The molecule has 0 bridgehead atoms. The molecule has 4 nitrogen and oxygen atoms in total. The highest BCUT2D eigenvalue weighted by molar-refractivity contribution is 7.85. The lowest BCUT2D eigenvalue weighted by atomic mass is 10.4. The molecule has 1 aliphatic rings. The van der Waals surface area contributed by atoms with E-state index in [0.717, 1.165) is 19.3 Å². The van der Waals surface area contributed by atoms with E-state index in [2.05, 4.69) is 10.0 Å². The van der Waals surface area contributed by atoms with Crippen molar-refractivity contribution in [1.29, 1.82) is 0 Å². The first-order valence-electron chi connectivity index (χ1n) is 4.72. The van der Waals surface area contributed by atoms with Gasteiger partial charge in [0.1, 0.15) is 0 Å². The third-order valence-corrected chi connectivity index (χ3v) is 4.25. The van der Waals surface area contributed by atoms with Gasteiger partial charge in [-0.2, -0.15) is 0 Å². The zero-order valence-electron chi connectivity index (χ0n) is 7.69. The minimum Gasteiger partial charge on any atom is -0.259 e. The van der Waals surface area contributed by atoms with Crippen LogP contribution in [0.2, 0.25) is 0 Å². The van der Waals surface area contributed by atoms with Gasteiger partial charge in [-0.3, -0.25) is 4.21 Å². The van der Waals surface area contributed by atoms with Crippen molar-refractivity contribution in [2.75, 3.05) is 12.3 Å². The molecule has 0 saturated heterocycles. The van der Waals surface area contributed by atoms with E-state index in [0.29, 0.717) is 17.5 Å². The Labute approximate surface area is 80.8 Å². The van der Waals surface area contributed by atoms with Gasteiger partial charge in [0.2, 0.25) is 0 Å². The van der Waals surface area contributed by atoms with Crippen LogP contribution in [-0.4, -0.2) is 21.8 Å². The average Bonchev–Trinajstić information content (AvgIpc) is 2.65. The standard InChI is InChI=1S/C8H15N3OS/c9-11-10-6-3-7-13(12)8-4-1-2-5-8/h8H,1-7H2. The van der Waals surface area contributed by atoms with Crippen LogP contribution in [0.15, 0.2) is 5.11 Å². The smallest absolute Gasteiger partial charge is 0.0348 e. The lowest BCUT2D eigenvalue weighted by molar-refractivity contribution is 0.666. The van der Waals surface area contributed by atoms with Gasteiger partial charge < -0.3 is 0 Å². The van der Waals surface area contributed by atoms with E-state index >= 15 is 0 Å². The van der Waals surface area contributed by atoms with E-state index in [1.807, 2.05) is 0 Å². The summed E-state index contributed by atoms with van der Waals surface area (Å²) in [6.45, 7) is 0.481. The summed E-state index contributed by atoms with van der Waals surface area (Å²) in [7, 11) is -0.682. The Morgan fingerprint density at radius 2 is 2.15 bits per heavy atom. The third kappa shape index (κ3) is 3.79. The fraction of sp³-hybridized carbons (Fsp3) is 1.00. The predicted octanol–water partition coefficient (Wildman–Crippen LogP) is 2.38. The fourth-order valence-corrected chi connectivity index (χ4v) is 3.25. The van der Waals surface area contributed by atoms with Crippen molar-refractivity contribution in [1.82, 2.24) is 0 Å². The number of hydrogen-bond acceptors (Lipinski definition) is 2. The van der Waals surface area contributed by atoms with E-state index < -0.39 is 10.8 Å². The number of azide groups is 1. The summed E-state index contributed by atoms with van der Waals surface area (Å²) < 4.78 is 11.6. The van der Waals surface area contributed by atoms with Gasteiger partial charge in [-0.05, 0) is 24.8 Å². The second kappa shape index (κ2) is 6.00. The van der Waals surface area contributed by atoms with Gasteiger partial charge in [0.25, 0.3) is 0 Å². The lowest BCUT2D eigenvalue weighted by Crippen LogP contribution is -2.13. The van der Waals surface area contributed by atoms with Crippen LogP contribution in [0.4, 0.5) is 0 Å². The van der Waals surface area contributed by atoms with Crippen LogP contribution in [0.25, 0.3) is 10.4 Å². The first kappa shape index (κ1) is 10.5. The summed E-state index contributed by atoms with van der Waals surface area (Å²) >= 11 is 0. The molecule has 0 aromatic rings. The predicted molar refractivity (Wildman–Crippen MR) is 53.9 cm³/mol. The molecule has 1 rings (SSSR count). The zero-order valence-corrected chi connectivity index (χ0v) is 8.50. The zero-order chi connectivity index (χ0) is 9.52. The monoisotopic (exact) mass is 201 g/mol. The largest absolute Gasteiger partial charge is 0.259 e. The van der Waals surface area contributed by atoms with Crippen LogP contribution >= 0.6 is 0 Å². The van der Waals surface area contributed by atoms with Crippen LogP contribution in [0.3, 0.4) is 0 Å². The topological polar surface area (TPSA) is 65.8 Å². The van der Waals surface area contributed by atoms with E-state index in [-0.39, 0.29) is 0 Å². The summed E-state index contributed by atoms with van der Waals surface area (Å²) in [5.74, 6) is 0.698. The van der Waals surface area contributed by atoms with Crippen LogP contribution < -0.4 is 0 Å². The van der Waals surface area contributed by atoms with Crippen molar-refractivity contribution in [2.24, 2.45) is 5.11 Å². The lowest BCUT2D eigenvalue weighted by Gasteiger charge is -2.07. The van der Waals surface area contributed by atoms with Crippen molar-refractivity contribution in [3.05, 3.63) is 10.4 Å². The third-order valence-electron chi connectivity index (χ3n) is 2.34. The maximum absolute atomic E-state index is 11.6. The molecule has 0 aromatic heterocycles. The Bertz CT molecular complexity index is 219. The second-order valence-electron chi connectivity index (χ2n) is 3.30. The first-order valence-corrected chi connectivity index (χ1v) is 6.11. The molecule has 74 valence electrons. The summed E-state index contributed by atoms with van der Waals surface area (Å²) in [6, 6.07) is 0. The molecule has 1 fully saturated rings. The molecule has 0 heterocycles. The van der Waals surface area contributed by atoms with Crippen LogP contribution in [0.1, 0.15) is 32.1 Å². The Morgan fingerprint density at radius 3 is 2.77 bits per heavy atom. The molecule has 1 atom stereocenters. The SMILES string of the molecule is [N-]=[N+]=NCCCS(=O)C1CCCC1. The summed E-state index contributed by atoms with van der Waals surface area (Å²) in [6.07, 6.45) is 5.45. The molecule has 1 saturated carbocycles. The normalized spacial score (nSPS) is 19.7. The van der Waals surface area contributed by atoms with Crippen molar-refractivity contribution in [2.45, 2.75) is 37.4 Å². The fourth-order valence-electron chi connectivity index (χ4n) is 1.64. The molecule has 0 N–H and O–H groups in total. The first-order chi connectivity index (χ1) is 6.34. The number of nitrogens with zero attached hydrogens (tertiary/aromatic N) is 3. The quantitative estimate of drug-likeness (QED) is 0.291. The molecule has 1 unspecified atom stereocenters. The van der Waals surface area contributed by atoms with Crippen LogP contribution in [0.5, 0.6) is 0 Å². The highest BCUT2D eigenvalue weighted by atomic mass is 32.2. The minimum absolute atomic E-state index is 0.422. The highest BCUT2D eigenvalue weighted by Crippen LogP contribution is 2.23. The number of hydrogen-bond donors (Lipinski definition) is 0. The van der Waals surface area contributed by atoms with Crippen molar-refractivity contribution < 1.29 is 4.21 Å². The molecule has 0 spiro atoms. The number of rotatable bonds is 5. The molecule has 0 radical (unpaired) electrons. The molecule has 1 aliphatic carbocycles. The molecule has 0 amide bonds. The maximum atomic E-state index is 11.6. The van der Waals surface area contributed by atoms with E-state index in [4.69, 9.17) is 5.53 Å². The van der Waals surface area contributed by atoms with Crippen molar-refractivity contribution >= 4 is 10.8 Å². The minimum atomic E-state index is -0.682. The Kier molecular flexibility index (Phi) is 4.86. The Hall–Kier alpha value is -0.540. The van der Waals surface area contributed by atoms with E-state index in [9.17, 15) is 4.21 Å². The van der Waals surface area contributed by atoms with Gasteiger partial charge in [0.05, 0.1) is 0 Å². The Balaban J connectivity index is 2.13. The highest BCUT2D eigenvalue weighted by Gasteiger charge is 2.20. The average molecular weight is 201 g/mol. The summed E-state index contributed by atoms with van der Waals surface area (Å²) in [5.41, 5.74) is 8.03. The van der Waals surface area contributed by atoms with Gasteiger partial charge in [-0.25, -0.2) is 0 Å². The van der Waals surface area contributed by atoms with Crippen LogP contribution in [-0.2, 0) is 10.8 Å². The van der Waals surface area contributed by atoms with Gasteiger partial charge in [-0.15, -0.1) is 0 Å². The molecular weight excluding hydrogens is 186 g/mol. The van der Waals surface area contributed by atoms with Gasteiger partial charge in [0.15, 0.2) is 0 Å². The molecule has 13 heavy (non-hydrogen) atoms. The molecule has 5 heteroatoms. The van der Waals surface area contributed by atoms with E-state index in [1.165, 1.54) is 12.8 Å². The Morgan fingerprint density at radius 1 is 1.46 bits per heavy atom. The van der Waals surface area contributed by atoms with Crippen LogP contribution in [0, 0.1) is 0 Å². The van der Waals surface area contributed by atoms with Crippen molar-refractivity contribution in [3.63, 3.8) is 0 Å². The maximum Gasteiger partial charge on any atom is 0.0348 e. The summed E-state index contributed by atoms with van der Waals surface area (Å²) in [4.78, 5) is 2.66. The molecular formula is C8H15N3OS. The van der Waals surface area contributed by atoms with Gasteiger partial charge in [0, 0.05) is 33.3 Å². The molecule has 0 aromatic carbocycles. The summed E-state index contributed by atoms with van der Waals surface area (Å²) in [5, 5.41) is 3.84. The van der Waals surface area contributed by atoms with Gasteiger partial charge in [-0.1, -0.05) is 18.0 Å². The van der Waals surface area contributed by atoms with E-state index in [1.54, 1.807) is 0 Å². The molecule has 0 aliphatic heterocycles. The second-order valence-corrected chi connectivity index (χ2v) is 5.14. The van der Waals surface area contributed by atoms with Gasteiger partial charge >= 0.3 is 0 Å².